The summed E-state index contributed by atoms with van der Waals surface area (Å²) in [5.74, 6) is 0. The van der Waals surface area contributed by atoms with Gasteiger partial charge < -0.3 is 4.74 Å². The summed E-state index contributed by atoms with van der Waals surface area (Å²) in [4.78, 5) is 9.26. The third kappa shape index (κ3) is 3.87. The van der Waals surface area contributed by atoms with Crippen LogP contribution in [0.1, 0.15) is 25.5 Å². The minimum Gasteiger partial charge on any atom is -0.357 e. The van der Waals surface area contributed by atoms with Crippen molar-refractivity contribution < 1.29 is 4.74 Å². The molecule has 1 aliphatic heterocycles. The van der Waals surface area contributed by atoms with Crippen molar-refractivity contribution in [2.75, 3.05) is 6.61 Å². The molecule has 5 aromatic rings. The fourth-order valence-corrected chi connectivity index (χ4v) is 4.71. The van der Waals surface area contributed by atoms with Crippen molar-refractivity contribution in [3.05, 3.63) is 72.4 Å². The summed E-state index contributed by atoms with van der Waals surface area (Å²) >= 11 is 6.33. The fraction of sp³-hybridized carbons (Fsp3) is 0.231. The first kappa shape index (κ1) is 21.0. The number of hydrogen-bond acceptors (Lipinski definition) is 5. The number of nitrogens with zero attached hydrogens (tertiary/aromatic N) is 6. The lowest BCUT2D eigenvalue weighted by atomic mass is 10.0. The fourth-order valence-electron chi connectivity index (χ4n) is 4.52. The lowest BCUT2D eigenvalue weighted by molar-refractivity contribution is -0.0393. The third-order valence-electron chi connectivity index (χ3n) is 6.21. The standard InChI is InChI=1S/C26H23ClN6O/c1-32-14-19(13-30-32)17-8-9-21-23(12-17)28-16-29-26(21)22-15-33(24-7-2-3-10-34-24)31-25(22)18-5-4-6-20(27)11-18/h4-6,8-9,11-16,24H,2-3,7,10H2,1H3. The number of ether oxygens (including phenoxy) is 1. The number of fused-ring (bicyclic) bond motifs is 1. The zero-order valence-electron chi connectivity index (χ0n) is 18.7. The van der Waals surface area contributed by atoms with Gasteiger partial charge in [0.1, 0.15) is 18.2 Å². The summed E-state index contributed by atoms with van der Waals surface area (Å²) in [7, 11) is 1.91. The Bertz CT molecular complexity index is 1480. The average molecular weight is 471 g/mol. The van der Waals surface area contributed by atoms with E-state index in [0.29, 0.717) is 5.02 Å². The molecule has 1 saturated heterocycles. The Morgan fingerprint density at radius 2 is 1.91 bits per heavy atom. The molecule has 4 heterocycles. The molecule has 34 heavy (non-hydrogen) atoms. The average Bonchev–Trinajstić information content (AvgIpc) is 3.51. The molecule has 8 heteroatoms. The van der Waals surface area contributed by atoms with Crippen LogP contribution in [-0.2, 0) is 11.8 Å². The predicted octanol–water partition coefficient (Wildman–Crippen LogP) is 5.91. The van der Waals surface area contributed by atoms with Crippen molar-refractivity contribution in [3.63, 3.8) is 0 Å². The quantitative estimate of drug-likeness (QED) is 0.326. The van der Waals surface area contributed by atoms with Gasteiger partial charge in [0, 0.05) is 53.1 Å². The Hall–Kier alpha value is -3.55. The van der Waals surface area contributed by atoms with E-state index in [-0.39, 0.29) is 6.23 Å². The van der Waals surface area contributed by atoms with Gasteiger partial charge in [-0.1, -0.05) is 29.8 Å². The van der Waals surface area contributed by atoms with Crippen molar-refractivity contribution in [1.82, 2.24) is 29.5 Å². The molecule has 1 aliphatic rings. The molecule has 0 amide bonds. The second kappa shape index (κ2) is 8.66. The van der Waals surface area contributed by atoms with Crippen LogP contribution in [0.15, 0.2) is 67.4 Å². The van der Waals surface area contributed by atoms with Gasteiger partial charge in [-0.25, -0.2) is 14.6 Å². The van der Waals surface area contributed by atoms with Crippen LogP contribution in [0.2, 0.25) is 5.02 Å². The van der Waals surface area contributed by atoms with E-state index in [0.717, 1.165) is 70.4 Å². The van der Waals surface area contributed by atoms with E-state index in [2.05, 4.69) is 28.3 Å². The van der Waals surface area contributed by atoms with Crippen LogP contribution in [0.3, 0.4) is 0 Å². The van der Waals surface area contributed by atoms with E-state index >= 15 is 0 Å². The summed E-state index contributed by atoms with van der Waals surface area (Å²) in [6.07, 6.45) is 10.6. The summed E-state index contributed by atoms with van der Waals surface area (Å²) in [5.41, 5.74) is 6.50. The van der Waals surface area contributed by atoms with Crippen LogP contribution >= 0.6 is 11.6 Å². The summed E-state index contributed by atoms with van der Waals surface area (Å²) < 4.78 is 9.74. The van der Waals surface area contributed by atoms with Crippen LogP contribution in [0.25, 0.3) is 44.5 Å². The van der Waals surface area contributed by atoms with E-state index in [1.807, 2.05) is 54.6 Å². The van der Waals surface area contributed by atoms with Crippen LogP contribution in [0, 0.1) is 0 Å². The van der Waals surface area contributed by atoms with Gasteiger partial charge in [-0.2, -0.15) is 10.2 Å². The van der Waals surface area contributed by atoms with E-state index in [1.165, 1.54) is 0 Å². The molecular weight excluding hydrogens is 448 g/mol. The van der Waals surface area contributed by atoms with Crippen molar-refractivity contribution >= 4 is 22.5 Å². The van der Waals surface area contributed by atoms with E-state index < -0.39 is 0 Å². The Balaban J connectivity index is 1.51. The highest BCUT2D eigenvalue weighted by molar-refractivity contribution is 6.30. The molecule has 1 unspecified atom stereocenters. The third-order valence-corrected chi connectivity index (χ3v) is 6.45. The second-order valence-corrected chi connectivity index (χ2v) is 9.00. The molecule has 7 nitrogen and oxygen atoms in total. The minimum atomic E-state index is -0.0780. The number of halogens is 1. The molecule has 0 bridgehead atoms. The molecule has 1 atom stereocenters. The van der Waals surface area contributed by atoms with Gasteiger partial charge >= 0.3 is 0 Å². The molecule has 0 radical (unpaired) electrons. The number of benzene rings is 2. The molecular formula is C26H23ClN6O. The number of rotatable bonds is 4. The zero-order valence-corrected chi connectivity index (χ0v) is 19.5. The molecule has 0 spiro atoms. The maximum absolute atomic E-state index is 6.33. The van der Waals surface area contributed by atoms with E-state index in [4.69, 9.17) is 26.4 Å². The summed E-state index contributed by atoms with van der Waals surface area (Å²) in [5, 5.41) is 10.9. The molecule has 3 aromatic heterocycles. The van der Waals surface area contributed by atoms with E-state index in [9.17, 15) is 0 Å². The highest BCUT2D eigenvalue weighted by Crippen LogP contribution is 2.37. The number of aryl methyl sites for hydroxylation is 1. The van der Waals surface area contributed by atoms with Gasteiger partial charge in [0.2, 0.25) is 0 Å². The molecule has 0 saturated carbocycles. The monoisotopic (exact) mass is 470 g/mol. The van der Waals surface area contributed by atoms with Crippen molar-refractivity contribution in [2.24, 2.45) is 7.05 Å². The number of aromatic nitrogens is 6. The van der Waals surface area contributed by atoms with Crippen LogP contribution in [0.5, 0.6) is 0 Å². The normalized spacial score (nSPS) is 16.2. The molecule has 2 aromatic carbocycles. The van der Waals surface area contributed by atoms with Gasteiger partial charge in [-0.15, -0.1) is 0 Å². The molecule has 0 N–H and O–H groups in total. The Morgan fingerprint density at radius 1 is 0.971 bits per heavy atom. The topological polar surface area (TPSA) is 70.7 Å². The van der Waals surface area contributed by atoms with Gasteiger partial charge in [0.05, 0.1) is 17.4 Å². The van der Waals surface area contributed by atoms with Gasteiger partial charge in [-0.05, 0) is 49.1 Å². The molecule has 170 valence electrons. The lowest BCUT2D eigenvalue weighted by Crippen LogP contribution is -2.18. The first-order valence-electron chi connectivity index (χ1n) is 11.4. The molecule has 1 fully saturated rings. The first-order chi connectivity index (χ1) is 16.7. The lowest BCUT2D eigenvalue weighted by Gasteiger charge is -2.22. The summed E-state index contributed by atoms with van der Waals surface area (Å²) in [6, 6.07) is 14.0. The number of hydrogen-bond donors (Lipinski definition) is 0. The highest BCUT2D eigenvalue weighted by Gasteiger charge is 2.22. The Labute approximate surface area is 202 Å². The van der Waals surface area contributed by atoms with Gasteiger partial charge in [-0.3, -0.25) is 4.68 Å². The minimum absolute atomic E-state index is 0.0780. The van der Waals surface area contributed by atoms with Crippen LogP contribution in [-0.4, -0.2) is 36.1 Å². The van der Waals surface area contributed by atoms with Crippen LogP contribution < -0.4 is 0 Å². The van der Waals surface area contributed by atoms with E-state index in [1.54, 1.807) is 11.0 Å². The van der Waals surface area contributed by atoms with Crippen molar-refractivity contribution in [1.29, 1.82) is 0 Å². The Kier molecular flexibility index (Phi) is 5.36. The molecule has 0 aliphatic carbocycles. The first-order valence-corrected chi connectivity index (χ1v) is 11.7. The SMILES string of the molecule is Cn1cc(-c2ccc3c(-c4cn(C5CCCCO5)nc4-c4cccc(Cl)c4)ncnc3c2)cn1. The largest absolute Gasteiger partial charge is 0.357 e. The second-order valence-electron chi connectivity index (χ2n) is 8.56. The van der Waals surface area contributed by atoms with Crippen LogP contribution in [0.4, 0.5) is 0 Å². The maximum atomic E-state index is 6.33. The molecule has 6 rings (SSSR count). The van der Waals surface area contributed by atoms with Crippen molar-refractivity contribution in [3.8, 4) is 33.6 Å². The summed E-state index contributed by atoms with van der Waals surface area (Å²) in [6.45, 7) is 0.750. The maximum Gasteiger partial charge on any atom is 0.150 e. The van der Waals surface area contributed by atoms with Crippen molar-refractivity contribution in [2.45, 2.75) is 25.5 Å². The Morgan fingerprint density at radius 3 is 2.71 bits per heavy atom. The van der Waals surface area contributed by atoms with Gasteiger partial charge in [0.15, 0.2) is 0 Å². The smallest absolute Gasteiger partial charge is 0.150 e. The highest BCUT2D eigenvalue weighted by atomic mass is 35.5. The zero-order chi connectivity index (χ0) is 23.1. The van der Waals surface area contributed by atoms with Gasteiger partial charge in [0.25, 0.3) is 0 Å². The predicted molar refractivity (Wildman–Crippen MR) is 132 cm³/mol.